The van der Waals surface area contributed by atoms with Crippen LogP contribution in [-0.2, 0) is 4.79 Å². The van der Waals surface area contributed by atoms with Crippen LogP contribution in [0.3, 0.4) is 0 Å². The van der Waals surface area contributed by atoms with E-state index < -0.39 is 6.04 Å². The number of nitrogens with zero attached hydrogens (tertiary/aromatic N) is 1. The topological polar surface area (TPSA) is 71.8 Å². The monoisotopic (exact) mass is 424 g/mol. The van der Waals surface area contributed by atoms with E-state index in [1.165, 1.54) is 6.26 Å². The van der Waals surface area contributed by atoms with Gasteiger partial charge in [-0.25, -0.2) is 0 Å². The van der Waals surface area contributed by atoms with Crippen molar-refractivity contribution >= 4 is 11.8 Å². The highest BCUT2D eigenvalue weighted by Gasteiger charge is 2.39. The Balaban J connectivity index is 1.69. The maximum absolute atomic E-state index is 13.6. The maximum atomic E-state index is 13.6. The van der Waals surface area contributed by atoms with Gasteiger partial charge in [0.15, 0.2) is 5.76 Å². The summed E-state index contributed by atoms with van der Waals surface area (Å²) in [6.07, 6.45) is 9.69. The molecule has 2 aliphatic rings. The van der Waals surface area contributed by atoms with E-state index in [0.717, 1.165) is 62.7 Å². The van der Waals surface area contributed by atoms with Crippen LogP contribution in [0.1, 0.15) is 80.5 Å². The minimum Gasteiger partial charge on any atom is -0.494 e. The molecule has 2 aliphatic carbocycles. The molecule has 166 valence electrons. The Hall–Kier alpha value is -2.76. The van der Waals surface area contributed by atoms with Gasteiger partial charge in [-0.15, -0.1) is 0 Å². The van der Waals surface area contributed by atoms with Crippen LogP contribution >= 0.6 is 0 Å². The zero-order chi connectivity index (χ0) is 21.6. The fourth-order valence-electron chi connectivity index (χ4n) is 4.91. The summed E-state index contributed by atoms with van der Waals surface area (Å²) in [5.41, 5.74) is 0.797. The molecule has 2 aromatic rings. The quantitative estimate of drug-likeness (QED) is 0.657. The van der Waals surface area contributed by atoms with Crippen molar-refractivity contribution in [2.24, 2.45) is 0 Å². The smallest absolute Gasteiger partial charge is 0.290 e. The van der Waals surface area contributed by atoms with Crippen LogP contribution in [0.25, 0.3) is 0 Å². The van der Waals surface area contributed by atoms with E-state index in [0.29, 0.717) is 6.61 Å². The van der Waals surface area contributed by atoms with E-state index in [2.05, 4.69) is 5.32 Å². The molecule has 0 spiro atoms. The molecule has 2 saturated carbocycles. The molecule has 1 N–H and O–H groups in total. The molecule has 6 nitrogen and oxygen atoms in total. The Morgan fingerprint density at radius 3 is 2.35 bits per heavy atom. The van der Waals surface area contributed by atoms with Crippen molar-refractivity contribution in [1.82, 2.24) is 10.2 Å². The molecule has 0 saturated heterocycles. The fourth-order valence-corrected chi connectivity index (χ4v) is 4.91. The first-order chi connectivity index (χ1) is 15.2. The number of ether oxygens (including phenoxy) is 1. The third kappa shape index (κ3) is 4.94. The van der Waals surface area contributed by atoms with E-state index in [1.807, 2.05) is 31.2 Å². The molecule has 1 atom stereocenters. The van der Waals surface area contributed by atoms with Crippen molar-refractivity contribution in [3.8, 4) is 5.75 Å². The SMILES string of the molecule is CCOc1ccc([C@@H](C(=O)NC2CCCC2)N(C(=O)c2ccco2)C2CCCC2)cc1. The Morgan fingerprint density at radius 1 is 1.06 bits per heavy atom. The Labute approximate surface area is 183 Å². The van der Waals surface area contributed by atoms with Crippen molar-refractivity contribution in [3.63, 3.8) is 0 Å². The molecule has 0 bridgehead atoms. The Kier molecular flexibility index (Phi) is 6.95. The highest BCUT2D eigenvalue weighted by Crippen LogP contribution is 2.34. The van der Waals surface area contributed by atoms with Crippen LogP contribution in [0.2, 0.25) is 0 Å². The van der Waals surface area contributed by atoms with Crippen molar-refractivity contribution in [1.29, 1.82) is 0 Å². The molecule has 0 radical (unpaired) electrons. The number of benzene rings is 1. The van der Waals surface area contributed by atoms with Gasteiger partial charge in [-0.1, -0.05) is 37.8 Å². The molecular formula is C25H32N2O4. The highest BCUT2D eigenvalue weighted by atomic mass is 16.5. The fraction of sp³-hybridized carbons (Fsp3) is 0.520. The van der Waals surface area contributed by atoms with Crippen LogP contribution in [0.4, 0.5) is 0 Å². The lowest BCUT2D eigenvalue weighted by atomic mass is 10.00. The van der Waals surface area contributed by atoms with Crippen molar-refractivity contribution in [2.45, 2.75) is 76.4 Å². The first-order valence-corrected chi connectivity index (χ1v) is 11.6. The summed E-state index contributed by atoms with van der Waals surface area (Å²) in [5, 5.41) is 3.23. The number of hydrogen-bond acceptors (Lipinski definition) is 4. The molecule has 4 rings (SSSR count). The number of furan rings is 1. The second-order valence-electron chi connectivity index (χ2n) is 8.52. The second-order valence-corrected chi connectivity index (χ2v) is 8.52. The van der Waals surface area contributed by atoms with Gasteiger partial charge < -0.3 is 19.4 Å². The number of amides is 2. The predicted octanol–water partition coefficient (Wildman–Crippen LogP) is 4.86. The molecule has 31 heavy (non-hydrogen) atoms. The number of carbonyl (C=O) groups excluding carboxylic acids is 2. The Bertz CT molecular complexity index is 850. The number of nitrogens with one attached hydrogen (secondary N) is 1. The average Bonchev–Trinajstić information content (AvgIpc) is 3.56. The lowest BCUT2D eigenvalue weighted by molar-refractivity contribution is -0.127. The van der Waals surface area contributed by atoms with E-state index in [4.69, 9.17) is 9.15 Å². The van der Waals surface area contributed by atoms with E-state index in [1.54, 1.807) is 17.0 Å². The molecule has 2 fully saturated rings. The zero-order valence-electron chi connectivity index (χ0n) is 18.2. The minimum absolute atomic E-state index is 0.0171. The van der Waals surface area contributed by atoms with E-state index >= 15 is 0 Å². The second kappa shape index (κ2) is 10.0. The van der Waals surface area contributed by atoms with Crippen LogP contribution in [-0.4, -0.2) is 35.4 Å². The standard InChI is InChI=1S/C25H32N2O4/c1-2-30-21-15-13-18(14-16-21)23(24(28)26-19-8-3-4-9-19)27(20-10-5-6-11-20)25(29)22-12-7-17-31-22/h7,12-17,19-20,23H,2-6,8-11H2,1H3,(H,26,28)/t23-/m0/s1. The summed E-state index contributed by atoms with van der Waals surface area (Å²) < 4.78 is 11.0. The van der Waals surface area contributed by atoms with Gasteiger partial charge in [0.2, 0.25) is 5.91 Å². The van der Waals surface area contributed by atoms with Gasteiger partial charge in [-0.05, 0) is 62.4 Å². The molecule has 6 heteroatoms. The third-order valence-corrected chi connectivity index (χ3v) is 6.42. The van der Waals surface area contributed by atoms with Crippen molar-refractivity contribution in [3.05, 3.63) is 54.0 Å². The summed E-state index contributed by atoms with van der Waals surface area (Å²) in [5.74, 6) is 0.697. The highest BCUT2D eigenvalue weighted by molar-refractivity contribution is 5.96. The van der Waals surface area contributed by atoms with Gasteiger partial charge in [-0.2, -0.15) is 0 Å². The normalized spacial score (nSPS) is 18.1. The summed E-state index contributed by atoms with van der Waals surface area (Å²) >= 11 is 0. The first kappa shape index (κ1) is 21.5. The molecule has 1 aromatic carbocycles. The van der Waals surface area contributed by atoms with Crippen LogP contribution in [0.15, 0.2) is 47.1 Å². The van der Waals surface area contributed by atoms with Crippen molar-refractivity contribution in [2.75, 3.05) is 6.61 Å². The van der Waals surface area contributed by atoms with E-state index in [9.17, 15) is 9.59 Å². The minimum atomic E-state index is -0.697. The molecule has 1 aromatic heterocycles. The molecule has 0 aliphatic heterocycles. The Morgan fingerprint density at radius 2 is 1.74 bits per heavy atom. The summed E-state index contributed by atoms with van der Waals surface area (Å²) in [4.78, 5) is 28.9. The van der Waals surface area contributed by atoms with Crippen LogP contribution in [0.5, 0.6) is 5.75 Å². The van der Waals surface area contributed by atoms with Gasteiger partial charge in [0.05, 0.1) is 12.9 Å². The lowest BCUT2D eigenvalue weighted by Gasteiger charge is -2.36. The van der Waals surface area contributed by atoms with Gasteiger partial charge in [0, 0.05) is 12.1 Å². The predicted molar refractivity (Wildman–Crippen MR) is 118 cm³/mol. The van der Waals surface area contributed by atoms with Gasteiger partial charge in [-0.3, -0.25) is 9.59 Å². The first-order valence-electron chi connectivity index (χ1n) is 11.6. The van der Waals surface area contributed by atoms with Gasteiger partial charge in [0.25, 0.3) is 5.91 Å². The van der Waals surface area contributed by atoms with Gasteiger partial charge >= 0.3 is 0 Å². The molecule has 1 heterocycles. The summed E-state index contributed by atoms with van der Waals surface area (Å²) in [7, 11) is 0. The largest absolute Gasteiger partial charge is 0.494 e. The molecular weight excluding hydrogens is 392 g/mol. The maximum Gasteiger partial charge on any atom is 0.290 e. The number of hydrogen-bond donors (Lipinski definition) is 1. The summed E-state index contributed by atoms with van der Waals surface area (Å²) in [6.45, 7) is 2.52. The van der Waals surface area contributed by atoms with Gasteiger partial charge in [0.1, 0.15) is 11.8 Å². The molecule has 2 amide bonds. The number of rotatable bonds is 8. The van der Waals surface area contributed by atoms with Crippen LogP contribution in [0, 0.1) is 0 Å². The lowest BCUT2D eigenvalue weighted by Crippen LogP contribution is -2.49. The zero-order valence-corrected chi connectivity index (χ0v) is 18.2. The van der Waals surface area contributed by atoms with E-state index in [-0.39, 0.29) is 29.7 Å². The summed E-state index contributed by atoms with van der Waals surface area (Å²) in [6, 6.07) is 10.4. The third-order valence-electron chi connectivity index (χ3n) is 6.42. The molecule has 0 unspecified atom stereocenters. The number of carbonyl (C=O) groups is 2. The average molecular weight is 425 g/mol. The van der Waals surface area contributed by atoms with Crippen molar-refractivity contribution < 1.29 is 18.7 Å². The van der Waals surface area contributed by atoms with Crippen LogP contribution < -0.4 is 10.1 Å².